The highest BCUT2D eigenvalue weighted by Gasteiger charge is 2.26. The van der Waals surface area contributed by atoms with Crippen molar-refractivity contribution in [1.82, 2.24) is 9.55 Å². The number of imidazole rings is 1. The number of aryl methyl sites for hydroxylation is 1. The first-order valence-corrected chi connectivity index (χ1v) is 6.56. The van der Waals surface area contributed by atoms with Crippen molar-refractivity contribution in [2.24, 2.45) is 5.92 Å². The predicted octanol–water partition coefficient (Wildman–Crippen LogP) is 3.27. The lowest BCUT2D eigenvalue weighted by atomic mass is 9.98. The van der Waals surface area contributed by atoms with Crippen LogP contribution in [0.1, 0.15) is 12.1 Å². The minimum Gasteiger partial charge on any atom is -0.481 e. The summed E-state index contributed by atoms with van der Waals surface area (Å²) >= 11 is 5.99. The first kappa shape index (κ1) is 14.9. The molecule has 1 N–H and O–H groups in total. The Morgan fingerprint density at radius 1 is 1.45 bits per heavy atom. The summed E-state index contributed by atoms with van der Waals surface area (Å²) in [5.41, 5.74) is 2.01. The van der Waals surface area contributed by atoms with Crippen LogP contribution in [0.25, 0.3) is 11.4 Å². The number of aromatic nitrogens is 2. The fourth-order valence-electron chi connectivity index (χ4n) is 2.51. The van der Waals surface area contributed by atoms with Crippen molar-refractivity contribution >= 4 is 30.0 Å². The summed E-state index contributed by atoms with van der Waals surface area (Å²) in [7, 11) is 0. The van der Waals surface area contributed by atoms with Gasteiger partial charge in [0.05, 0.1) is 5.92 Å². The van der Waals surface area contributed by atoms with E-state index in [1.807, 2.05) is 35.0 Å². The third kappa shape index (κ3) is 2.67. The fraction of sp³-hybridized carbons (Fsp3) is 0.286. The van der Waals surface area contributed by atoms with Crippen LogP contribution in [0.4, 0.5) is 0 Å². The van der Waals surface area contributed by atoms with Crippen LogP contribution in [0.3, 0.4) is 0 Å². The molecule has 20 heavy (non-hydrogen) atoms. The van der Waals surface area contributed by atoms with Crippen LogP contribution in [0.5, 0.6) is 0 Å². The van der Waals surface area contributed by atoms with Crippen LogP contribution in [0.2, 0.25) is 5.02 Å². The Labute approximate surface area is 127 Å². The van der Waals surface area contributed by atoms with Crippen LogP contribution >= 0.6 is 24.0 Å². The van der Waals surface area contributed by atoms with Crippen molar-refractivity contribution in [2.45, 2.75) is 19.4 Å². The van der Waals surface area contributed by atoms with Crippen molar-refractivity contribution in [1.29, 1.82) is 0 Å². The Morgan fingerprint density at radius 2 is 2.25 bits per heavy atom. The van der Waals surface area contributed by atoms with E-state index in [4.69, 9.17) is 16.7 Å². The highest BCUT2D eigenvalue weighted by atomic mass is 35.5. The highest BCUT2D eigenvalue weighted by molar-refractivity contribution is 6.30. The maximum absolute atomic E-state index is 11.1. The van der Waals surface area contributed by atoms with Crippen LogP contribution in [0.15, 0.2) is 30.5 Å². The second-order valence-electron chi connectivity index (χ2n) is 4.77. The van der Waals surface area contributed by atoms with E-state index in [1.54, 1.807) is 0 Å². The van der Waals surface area contributed by atoms with Crippen molar-refractivity contribution in [3.8, 4) is 11.4 Å². The van der Waals surface area contributed by atoms with Gasteiger partial charge in [0.15, 0.2) is 0 Å². The summed E-state index contributed by atoms with van der Waals surface area (Å²) in [4.78, 5) is 15.5. The zero-order valence-electron chi connectivity index (χ0n) is 10.6. The zero-order chi connectivity index (χ0) is 13.4. The highest BCUT2D eigenvalue weighted by Crippen LogP contribution is 2.28. The van der Waals surface area contributed by atoms with Gasteiger partial charge in [0.25, 0.3) is 0 Å². The van der Waals surface area contributed by atoms with E-state index in [-0.39, 0.29) is 18.3 Å². The van der Waals surface area contributed by atoms with Gasteiger partial charge in [-0.15, -0.1) is 12.4 Å². The molecule has 0 fully saturated rings. The SMILES string of the molecule is Cl.O=C(O)C1CCc2cnc(-c3cccc(Cl)c3)n2C1. The van der Waals surface area contributed by atoms with Gasteiger partial charge in [-0.2, -0.15) is 0 Å². The largest absolute Gasteiger partial charge is 0.481 e. The number of hydrogen-bond acceptors (Lipinski definition) is 2. The van der Waals surface area contributed by atoms with Gasteiger partial charge in [-0.3, -0.25) is 4.79 Å². The number of benzene rings is 1. The fourth-order valence-corrected chi connectivity index (χ4v) is 2.70. The smallest absolute Gasteiger partial charge is 0.308 e. The maximum Gasteiger partial charge on any atom is 0.308 e. The van der Waals surface area contributed by atoms with E-state index in [1.165, 1.54) is 0 Å². The molecule has 2 heterocycles. The summed E-state index contributed by atoms with van der Waals surface area (Å²) in [5, 5.41) is 9.81. The lowest BCUT2D eigenvalue weighted by Gasteiger charge is -2.22. The van der Waals surface area contributed by atoms with Gasteiger partial charge in [-0.05, 0) is 25.0 Å². The molecule has 0 amide bonds. The van der Waals surface area contributed by atoms with Gasteiger partial charge in [-0.25, -0.2) is 4.98 Å². The average molecular weight is 313 g/mol. The summed E-state index contributed by atoms with van der Waals surface area (Å²) in [5.74, 6) is -0.278. The molecule has 1 aromatic heterocycles. The number of nitrogens with zero attached hydrogens (tertiary/aromatic N) is 2. The molecule has 0 saturated heterocycles. The van der Waals surface area contributed by atoms with E-state index >= 15 is 0 Å². The molecule has 6 heteroatoms. The standard InChI is InChI=1S/C14H13ClN2O2.ClH/c15-11-3-1-2-9(6-11)13-16-7-12-5-4-10(14(18)19)8-17(12)13;/h1-3,6-7,10H,4-5,8H2,(H,18,19);1H. The van der Waals surface area contributed by atoms with E-state index in [2.05, 4.69) is 4.98 Å². The molecule has 2 aromatic rings. The van der Waals surface area contributed by atoms with Crippen LogP contribution in [-0.2, 0) is 17.8 Å². The zero-order valence-corrected chi connectivity index (χ0v) is 12.2. The summed E-state index contributed by atoms with van der Waals surface area (Å²) in [6, 6.07) is 7.47. The predicted molar refractivity (Wildman–Crippen MR) is 79.4 cm³/mol. The van der Waals surface area contributed by atoms with Crippen molar-refractivity contribution in [2.75, 3.05) is 0 Å². The molecule has 106 valence electrons. The number of halogens is 2. The Balaban J connectivity index is 0.00000147. The van der Waals surface area contributed by atoms with Gasteiger partial charge in [0.2, 0.25) is 0 Å². The van der Waals surface area contributed by atoms with Gasteiger partial charge in [0.1, 0.15) is 5.82 Å². The van der Waals surface area contributed by atoms with Crippen molar-refractivity contribution in [3.63, 3.8) is 0 Å². The summed E-state index contributed by atoms with van der Waals surface area (Å²) < 4.78 is 1.99. The lowest BCUT2D eigenvalue weighted by molar-refractivity contribution is -0.142. The van der Waals surface area contributed by atoms with Crippen molar-refractivity contribution in [3.05, 3.63) is 41.2 Å². The molecule has 3 rings (SSSR count). The van der Waals surface area contributed by atoms with E-state index in [0.717, 1.165) is 23.5 Å². The minimum atomic E-state index is -0.739. The third-order valence-corrected chi connectivity index (χ3v) is 3.76. The summed E-state index contributed by atoms with van der Waals surface area (Å²) in [6.45, 7) is 0.479. The van der Waals surface area contributed by atoms with E-state index in [0.29, 0.717) is 18.0 Å². The molecule has 1 aliphatic rings. The first-order valence-electron chi connectivity index (χ1n) is 6.18. The molecule has 4 nitrogen and oxygen atoms in total. The van der Waals surface area contributed by atoms with Gasteiger partial charge >= 0.3 is 5.97 Å². The molecule has 1 aliphatic heterocycles. The second-order valence-corrected chi connectivity index (χ2v) is 5.20. The minimum absolute atomic E-state index is 0. The Hall–Kier alpha value is -1.52. The van der Waals surface area contributed by atoms with E-state index in [9.17, 15) is 4.79 Å². The second kappa shape index (κ2) is 5.85. The number of fused-ring (bicyclic) bond motifs is 1. The molecule has 0 aliphatic carbocycles. The van der Waals surface area contributed by atoms with Gasteiger partial charge in [0, 0.05) is 29.0 Å². The van der Waals surface area contributed by atoms with Crippen LogP contribution < -0.4 is 0 Å². The molecule has 0 saturated carbocycles. The number of rotatable bonds is 2. The molecule has 0 bridgehead atoms. The summed E-state index contributed by atoms with van der Waals surface area (Å²) in [6.07, 6.45) is 3.26. The molecule has 0 radical (unpaired) electrons. The number of aliphatic carboxylic acids is 1. The van der Waals surface area contributed by atoms with E-state index < -0.39 is 5.97 Å². The van der Waals surface area contributed by atoms with Crippen LogP contribution in [-0.4, -0.2) is 20.6 Å². The lowest BCUT2D eigenvalue weighted by Crippen LogP contribution is -2.26. The quantitative estimate of drug-likeness (QED) is 0.926. The molecule has 1 aromatic carbocycles. The monoisotopic (exact) mass is 312 g/mol. The number of carbonyl (C=O) groups is 1. The van der Waals surface area contributed by atoms with Gasteiger partial charge in [-0.1, -0.05) is 23.7 Å². The van der Waals surface area contributed by atoms with Crippen molar-refractivity contribution < 1.29 is 9.90 Å². The first-order chi connectivity index (χ1) is 9.15. The molecular weight excluding hydrogens is 299 g/mol. The average Bonchev–Trinajstić information content (AvgIpc) is 2.81. The third-order valence-electron chi connectivity index (χ3n) is 3.52. The molecule has 1 atom stereocenters. The molecular formula is C14H14Cl2N2O2. The normalized spacial score (nSPS) is 17.1. The van der Waals surface area contributed by atoms with Crippen LogP contribution in [0, 0.1) is 5.92 Å². The number of carboxylic acids is 1. The molecule has 0 spiro atoms. The number of carboxylic acid groups (broad SMARTS) is 1. The number of hydrogen-bond donors (Lipinski definition) is 1. The topological polar surface area (TPSA) is 55.1 Å². The van der Waals surface area contributed by atoms with Gasteiger partial charge < -0.3 is 9.67 Å². The Morgan fingerprint density at radius 3 is 2.95 bits per heavy atom. The maximum atomic E-state index is 11.1. The Bertz CT molecular complexity index is 640. The molecule has 1 unspecified atom stereocenters. The Kier molecular flexibility index (Phi) is 4.35.